The van der Waals surface area contributed by atoms with E-state index in [1.165, 1.54) is 0 Å². The molecule has 1 aliphatic carbocycles. The number of alkyl halides is 1. The Hall–Kier alpha value is -1.75. The molecule has 0 spiro atoms. The van der Waals surface area contributed by atoms with Gasteiger partial charge in [-0.15, -0.1) is 11.6 Å². The van der Waals surface area contributed by atoms with Crippen molar-refractivity contribution in [3.8, 4) is 5.75 Å². The van der Waals surface area contributed by atoms with E-state index in [-0.39, 0.29) is 22.6 Å². The molecule has 0 N–H and O–H groups in total. The fourth-order valence-electron chi connectivity index (χ4n) is 4.22. The molecule has 5 nitrogen and oxygen atoms in total. The van der Waals surface area contributed by atoms with E-state index in [4.69, 9.17) is 16.3 Å². The Bertz CT molecular complexity index is 745. The molecule has 0 aromatic heterocycles. The van der Waals surface area contributed by atoms with Gasteiger partial charge in [-0.3, -0.25) is 9.59 Å². The third-order valence-corrected chi connectivity index (χ3v) is 7.95. The van der Waals surface area contributed by atoms with E-state index in [2.05, 4.69) is 0 Å². The lowest BCUT2D eigenvalue weighted by Crippen LogP contribution is -2.48. The second kappa shape index (κ2) is 5.88. The van der Waals surface area contributed by atoms with Crippen LogP contribution >= 0.6 is 11.6 Å². The lowest BCUT2D eigenvalue weighted by molar-refractivity contribution is -0.137. The number of hydrogen-bond donors (Lipinski definition) is 0. The summed E-state index contributed by atoms with van der Waals surface area (Å²) >= 11 is 6.76. The number of methoxy groups -OCH3 is 1. The van der Waals surface area contributed by atoms with Gasteiger partial charge in [0.05, 0.1) is 7.11 Å². The molecule has 142 valence electrons. The summed E-state index contributed by atoms with van der Waals surface area (Å²) < 4.78 is 5.24. The van der Waals surface area contributed by atoms with Crippen LogP contribution in [0.3, 0.4) is 0 Å². The molecule has 0 bridgehead atoms. The van der Waals surface area contributed by atoms with Crippen LogP contribution in [0.25, 0.3) is 0 Å². The van der Waals surface area contributed by atoms with Crippen LogP contribution in [0.15, 0.2) is 24.3 Å². The monoisotopic (exact) mass is 378 g/mol. The molecule has 1 unspecified atom stereocenters. The van der Waals surface area contributed by atoms with E-state index in [1.54, 1.807) is 24.0 Å². The molecule has 1 heterocycles. The second-order valence-electron chi connectivity index (χ2n) is 8.32. The van der Waals surface area contributed by atoms with Crippen molar-refractivity contribution in [2.24, 2.45) is 10.8 Å². The van der Waals surface area contributed by atoms with E-state index >= 15 is 0 Å². The smallest absolute Gasteiger partial charge is 0.249 e. The van der Waals surface area contributed by atoms with Gasteiger partial charge in [0.1, 0.15) is 16.7 Å². The third kappa shape index (κ3) is 2.29. The first-order valence-electron chi connectivity index (χ1n) is 8.92. The number of likely N-dealkylation sites (N-methyl/N-ethyl adjacent to an activating group) is 1. The van der Waals surface area contributed by atoms with Gasteiger partial charge in [0.2, 0.25) is 11.8 Å². The second-order valence-corrected chi connectivity index (χ2v) is 8.89. The molecule has 1 aromatic rings. The summed E-state index contributed by atoms with van der Waals surface area (Å²) in [6, 6.07) is 6.91. The van der Waals surface area contributed by atoms with Crippen molar-refractivity contribution in [2.45, 2.75) is 45.0 Å². The van der Waals surface area contributed by atoms with E-state index in [9.17, 15) is 9.59 Å². The predicted molar refractivity (Wildman–Crippen MR) is 103 cm³/mol. The third-order valence-electron chi connectivity index (χ3n) is 6.85. The first kappa shape index (κ1) is 19.0. The number of nitrogens with zero attached hydrogens (tertiary/aromatic N) is 2. The van der Waals surface area contributed by atoms with E-state index in [1.807, 2.05) is 52.0 Å². The Balaban J connectivity index is 1.79. The van der Waals surface area contributed by atoms with Crippen LogP contribution < -0.4 is 9.64 Å². The standard InChI is InChI=1S/C20H27ClN2O3/c1-18(2)19(3,4)20(18,21)17(25)22(5)15-10-11-23(16(15)24)13-8-7-9-14(12-13)26-6/h7-9,12,15H,10-11H2,1-6H3. The number of anilines is 1. The molecule has 1 saturated carbocycles. The van der Waals surface area contributed by atoms with Gasteiger partial charge in [-0.25, -0.2) is 0 Å². The zero-order valence-electron chi connectivity index (χ0n) is 16.3. The van der Waals surface area contributed by atoms with Crippen molar-refractivity contribution < 1.29 is 14.3 Å². The van der Waals surface area contributed by atoms with Crippen molar-refractivity contribution >= 4 is 29.1 Å². The van der Waals surface area contributed by atoms with Crippen LogP contribution in [-0.2, 0) is 9.59 Å². The summed E-state index contributed by atoms with van der Waals surface area (Å²) in [7, 11) is 3.29. The zero-order valence-corrected chi connectivity index (χ0v) is 17.1. The molecule has 2 amide bonds. The van der Waals surface area contributed by atoms with Crippen molar-refractivity contribution in [1.82, 2.24) is 4.90 Å². The number of ether oxygens (including phenoxy) is 1. The number of carbonyl (C=O) groups is 2. The molecular weight excluding hydrogens is 352 g/mol. The maximum atomic E-state index is 13.1. The van der Waals surface area contributed by atoms with Crippen LogP contribution in [0, 0.1) is 10.8 Å². The van der Waals surface area contributed by atoms with Crippen LogP contribution in [0.5, 0.6) is 5.75 Å². The van der Waals surface area contributed by atoms with Crippen molar-refractivity contribution in [3.05, 3.63) is 24.3 Å². The molecule has 1 aliphatic heterocycles. The van der Waals surface area contributed by atoms with Gasteiger partial charge in [0.25, 0.3) is 0 Å². The number of rotatable bonds is 4. The SMILES string of the molecule is COc1cccc(N2CCC(N(C)C(=O)C3(Cl)C(C)(C)C3(C)C)C2=O)c1. The van der Waals surface area contributed by atoms with E-state index in [0.717, 1.165) is 5.69 Å². The van der Waals surface area contributed by atoms with Crippen LogP contribution in [0.2, 0.25) is 0 Å². The Morgan fingerprint density at radius 3 is 2.42 bits per heavy atom. The topological polar surface area (TPSA) is 49.9 Å². The predicted octanol–water partition coefficient (Wildman–Crippen LogP) is 3.30. The normalized spacial score (nSPS) is 25.1. The molecule has 1 saturated heterocycles. The summed E-state index contributed by atoms with van der Waals surface area (Å²) in [4.78, 5) is 28.4. The quantitative estimate of drug-likeness (QED) is 0.755. The fourth-order valence-corrected chi connectivity index (χ4v) is 4.78. The van der Waals surface area contributed by atoms with Gasteiger partial charge >= 0.3 is 0 Å². The summed E-state index contributed by atoms with van der Waals surface area (Å²) in [5, 5.41) is 0. The van der Waals surface area contributed by atoms with Gasteiger partial charge in [0, 0.05) is 36.2 Å². The average molecular weight is 379 g/mol. The van der Waals surface area contributed by atoms with Gasteiger partial charge in [-0.1, -0.05) is 33.8 Å². The molecule has 6 heteroatoms. The molecule has 0 radical (unpaired) electrons. The highest BCUT2D eigenvalue weighted by molar-refractivity contribution is 6.39. The number of amides is 2. The highest BCUT2D eigenvalue weighted by Gasteiger charge is 2.81. The van der Waals surface area contributed by atoms with Gasteiger partial charge < -0.3 is 14.5 Å². The van der Waals surface area contributed by atoms with Crippen molar-refractivity contribution in [2.75, 3.05) is 25.6 Å². The summed E-state index contributed by atoms with van der Waals surface area (Å²) in [6.45, 7) is 8.58. The first-order chi connectivity index (χ1) is 12.0. The molecule has 1 aromatic carbocycles. The first-order valence-corrected chi connectivity index (χ1v) is 9.30. The minimum atomic E-state index is -0.974. The maximum Gasteiger partial charge on any atom is 0.249 e. The summed E-state index contributed by atoms with van der Waals surface area (Å²) in [6.07, 6.45) is 0.589. The largest absolute Gasteiger partial charge is 0.497 e. The average Bonchev–Trinajstić information content (AvgIpc) is 2.89. The molecular formula is C20H27ClN2O3. The van der Waals surface area contributed by atoms with E-state index in [0.29, 0.717) is 18.7 Å². The highest BCUT2D eigenvalue weighted by Crippen LogP contribution is 2.75. The lowest BCUT2D eigenvalue weighted by atomic mass is 10.0. The van der Waals surface area contributed by atoms with Gasteiger partial charge in [0.15, 0.2) is 0 Å². The lowest BCUT2D eigenvalue weighted by Gasteiger charge is -2.28. The van der Waals surface area contributed by atoms with Crippen LogP contribution in [-0.4, -0.2) is 48.3 Å². The molecule has 1 atom stereocenters. The van der Waals surface area contributed by atoms with Gasteiger partial charge in [-0.2, -0.15) is 0 Å². The maximum absolute atomic E-state index is 13.1. The Labute approximate surface area is 160 Å². The van der Waals surface area contributed by atoms with E-state index < -0.39 is 10.9 Å². The zero-order chi connectivity index (χ0) is 19.5. The Morgan fingerprint density at radius 1 is 1.27 bits per heavy atom. The number of benzene rings is 1. The number of hydrogen-bond acceptors (Lipinski definition) is 3. The molecule has 2 aliphatic rings. The molecule has 26 heavy (non-hydrogen) atoms. The highest BCUT2D eigenvalue weighted by atomic mass is 35.5. The van der Waals surface area contributed by atoms with Crippen molar-refractivity contribution in [3.63, 3.8) is 0 Å². The van der Waals surface area contributed by atoms with Crippen LogP contribution in [0.4, 0.5) is 5.69 Å². The Morgan fingerprint density at radius 2 is 1.88 bits per heavy atom. The number of carbonyl (C=O) groups excluding carboxylic acids is 2. The fraction of sp³-hybridized carbons (Fsp3) is 0.600. The number of halogens is 1. The molecule has 2 fully saturated rings. The van der Waals surface area contributed by atoms with Crippen molar-refractivity contribution in [1.29, 1.82) is 0 Å². The minimum absolute atomic E-state index is 0.0781. The molecule has 3 rings (SSSR count). The summed E-state index contributed by atoms with van der Waals surface area (Å²) in [5.41, 5.74) is 0.146. The van der Waals surface area contributed by atoms with Gasteiger partial charge in [-0.05, 0) is 18.6 Å². The summed E-state index contributed by atoms with van der Waals surface area (Å²) in [5.74, 6) is 0.454. The Kier molecular flexibility index (Phi) is 4.30. The van der Waals surface area contributed by atoms with Crippen LogP contribution in [0.1, 0.15) is 34.1 Å². The minimum Gasteiger partial charge on any atom is -0.497 e.